The van der Waals surface area contributed by atoms with Crippen LogP contribution in [0, 0.1) is 0 Å². The van der Waals surface area contributed by atoms with E-state index in [0.717, 1.165) is 6.42 Å². The summed E-state index contributed by atoms with van der Waals surface area (Å²) in [6.45, 7) is 1.70. The molecule has 0 aliphatic heterocycles. The molecule has 0 aromatic heterocycles. The van der Waals surface area contributed by atoms with Crippen molar-refractivity contribution in [3.05, 3.63) is 29.8 Å². The van der Waals surface area contributed by atoms with Gasteiger partial charge >= 0.3 is 5.97 Å². The third-order valence-electron chi connectivity index (χ3n) is 2.59. The van der Waals surface area contributed by atoms with Crippen molar-refractivity contribution in [2.24, 2.45) is 0 Å². The van der Waals surface area contributed by atoms with E-state index >= 15 is 0 Å². The smallest absolute Gasteiger partial charge is 0.307 e. The van der Waals surface area contributed by atoms with E-state index in [1.54, 1.807) is 31.4 Å². The third kappa shape index (κ3) is 6.79. The number of carboxylic acid groups (broad SMARTS) is 1. The average Bonchev–Trinajstić information content (AvgIpc) is 2.42. The number of hydrogen-bond donors (Lipinski definition) is 1. The molecular formula is C14H20O5S. The van der Waals surface area contributed by atoms with Crippen molar-refractivity contribution in [3.63, 3.8) is 0 Å². The summed E-state index contributed by atoms with van der Waals surface area (Å²) in [4.78, 5) is 11.2. The van der Waals surface area contributed by atoms with Gasteiger partial charge in [0, 0.05) is 25.2 Å². The average molecular weight is 300 g/mol. The summed E-state index contributed by atoms with van der Waals surface area (Å²) in [5, 5.41) is 8.66. The Morgan fingerprint density at radius 1 is 1.20 bits per heavy atom. The van der Waals surface area contributed by atoms with Gasteiger partial charge in [0.15, 0.2) is 0 Å². The number of hydrogen-bond acceptors (Lipinski definition) is 4. The van der Waals surface area contributed by atoms with Gasteiger partial charge in [0.05, 0.1) is 29.6 Å². The summed E-state index contributed by atoms with van der Waals surface area (Å²) in [6.07, 6.45) is 0.808. The molecule has 0 bridgehead atoms. The van der Waals surface area contributed by atoms with Crippen LogP contribution in [0.25, 0.3) is 0 Å². The highest BCUT2D eigenvalue weighted by molar-refractivity contribution is 7.85. The van der Waals surface area contributed by atoms with E-state index in [1.807, 2.05) is 0 Å². The van der Waals surface area contributed by atoms with Crippen molar-refractivity contribution in [2.45, 2.75) is 17.7 Å². The van der Waals surface area contributed by atoms with Crippen LogP contribution < -0.4 is 0 Å². The molecule has 5 nitrogen and oxygen atoms in total. The molecule has 112 valence electrons. The molecule has 20 heavy (non-hydrogen) atoms. The molecule has 0 aliphatic carbocycles. The highest BCUT2D eigenvalue weighted by Gasteiger charge is 2.05. The van der Waals surface area contributed by atoms with Crippen molar-refractivity contribution in [2.75, 3.05) is 32.7 Å². The summed E-state index contributed by atoms with van der Waals surface area (Å²) in [6, 6.07) is 6.81. The summed E-state index contributed by atoms with van der Waals surface area (Å²) in [5.41, 5.74) is 0.703. The van der Waals surface area contributed by atoms with Crippen molar-refractivity contribution in [1.29, 1.82) is 0 Å². The number of carbonyl (C=O) groups is 1. The van der Waals surface area contributed by atoms with Gasteiger partial charge < -0.3 is 14.6 Å². The Labute approximate surface area is 121 Å². The summed E-state index contributed by atoms with van der Waals surface area (Å²) in [7, 11) is 0.527. The van der Waals surface area contributed by atoms with Crippen LogP contribution in [0.4, 0.5) is 0 Å². The Morgan fingerprint density at radius 2 is 1.90 bits per heavy atom. The molecule has 1 rings (SSSR count). The molecule has 0 aliphatic rings. The number of ether oxygens (including phenoxy) is 2. The number of methoxy groups -OCH3 is 1. The molecule has 0 spiro atoms. The van der Waals surface area contributed by atoms with Gasteiger partial charge in [-0.3, -0.25) is 9.00 Å². The van der Waals surface area contributed by atoms with Crippen LogP contribution >= 0.6 is 0 Å². The second-order valence-electron chi connectivity index (χ2n) is 4.22. The van der Waals surface area contributed by atoms with Crippen molar-refractivity contribution < 1.29 is 23.6 Å². The van der Waals surface area contributed by atoms with Gasteiger partial charge in [-0.05, 0) is 24.1 Å². The predicted octanol–water partition coefficient (Wildman–Crippen LogP) is 1.47. The van der Waals surface area contributed by atoms with Gasteiger partial charge in [0.1, 0.15) is 0 Å². The Kier molecular flexibility index (Phi) is 8.10. The molecule has 1 N–H and O–H groups in total. The zero-order valence-electron chi connectivity index (χ0n) is 11.5. The monoisotopic (exact) mass is 300 g/mol. The largest absolute Gasteiger partial charge is 0.481 e. The fourth-order valence-electron chi connectivity index (χ4n) is 1.59. The molecule has 1 aromatic rings. The number of aliphatic carboxylic acids is 1. The van der Waals surface area contributed by atoms with Gasteiger partial charge in [-0.2, -0.15) is 0 Å². The van der Waals surface area contributed by atoms with Crippen LogP contribution in [0.2, 0.25) is 0 Å². The summed E-state index contributed by atoms with van der Waals surface area (Å²) in [5.74, 6) is -0.436. The van der Waals surface area contributed by atoms with E-state index in [0.29, 0.717) is 36.0 Å². The molecule has 0 saturated carbocycles. The van der Waals surface area contributed by atoms with E-state index in [-0.39, 0.29) is 6.42 Å². The second-order valence-corrected chi connectivity index (χ2v) is 5.79. The second kappa shape index (κ2) is 9.63. The first-order valence-corrected chi connectivity index (χ1v) is 7.71. The first kappa shape index (κ1) is 16.8. The van der Waals surface area contributed by atoms with Crippen LogP contribution in [0.5, 0.6) is 0 Å². The normalized spacial score (nSPS) is 12.2. The van der Waals surface area contributed by atoms with Gasteiger partial charge in [0.2, 0.25) is 0 Å². The van der Waals surface area contributed by atoms with E-state index in [4.69, 9.17) is 14.6 Å². The highest BCUT2D eigenvalue weighted by Crippen LogP contribution is 2.10. The number of benzene rings is 1. The van der Waals surface area contributed by atoms with Crippen molar-refractivity contribution in [3.8, 4) is 0 Å². The van der Waals surface area contributed by atoms with Gasteiger partial charge in [-0.1, -0.05) is 12.1 Å². The first-order valence-electron chi connectivity index (χ1n) is 6.39. The lowest BCUT2D eigenvalue weighted by atomic mass is 10.2. The van der Waals surface area contributed by atoms with E-state index in [2.05, 4.69) is 0 Å². The SMILES string of the molecule is COCCCOCCS(=O)c1ccc(CC(=O)O)cc1. The third-order valence-corrected chi connectivity index (χ3v) is 3.93. The number of rotatable bonds is 10. The molecule has 0 saturated heterocycles. The van der Waals surface area contributed by atoms with Crippen molar-refractivity contribution >= 4 is 16.8 Å². The molecule has 0 fully saturated rings. The quantitative estimate of drug-likeness (QED) is 0.663. The maximum absolute atomic E-state index is 12.0. The standard InChI is InChI=1S/C14H20O5S/c1-18-7-2-8-19-9-10-20(17)13-5-3-12(4-6-13)11-14(15)16/h3-6H,2,7-11H2,1H3,(H,15,16). The first-order chi connectivity index (χ1) is 9.63. The van der Waals surface area contributed by atoms with E-state index < -0.39 is 16.8 Å². The highest BCUT2D eigenvalue weighted by atomic mass is 32.2. The van der Waals surface area contributed by atoms with Gasteiger partial charge in [0.25, 0.3) is 0 Å². The Balaban J connectivity index is 2.30. The summed E-state index contributed by atoms with van der Waals surface area (Å²) < 4.78 is 22.2. The lowest BCUT2D eigenvalue weighted by Gasteiger charge is -2.05. The van der Waals surface area contributed by atoms with E-state index in [9.17, 15) is 9.00 Å². The minimum absolute atomic E-state index is 0.0183. The summed E-state index contributed by atoms with van der Waals surface area (Å²) >= 11 is 0. The Bertz CT molecular complexity index is 430. The molecule has 1 aromatic carbocycles. The minimum Gasteiger partial charge on any atom is -0.481 e. The molecule has 6 heteroatoms. The van der Waals surface area contributed by atoms with Crippen molar-refractivity contribution in [1.82, 2.24) is 0 Å². The van der Waals surface area contributed by atoms with Crippen LogP contribution in [0.3, 0.4) is 0 Å². The maximum atomic E-state index is 12.0. The maximum Gasteiger partial charge on any atom is 0.307 e. The predicted molar refractivity (Wildman–Crippen MR) is 76.4 cm³/mol. The van der Waals surface area contributed by atoms with Crippen LogP contribution in [-0.4, -0.2) is 48.0 Å². The molecule has 0 heterocycles. The lowest BCUT2D eigenvalue weighted by molar-refractivity contribution is -0.136. The fourth-order valence-corrected chi connectivity index (χ4v) is 2.54. The molecular weight excluding hydrogens is 280 g/mol. The molecule has 0 radical (unpaired) electrons. The molecule has 1 unspecified atom stereocenters. The zero-order valence-corrected chi connectivity index (χ0v) is 12.4. The number of carboxylic acids is 1. The van der Waals surface area contributed by atoms with Crippen LogP contribution in [-0.2, 0) is 31.5 Å². The van der Waals surface area contributed by atoms with Gasteiger partial charge in [-0.25, -0.2) is 0 Å². The van der Waals surface area contributed by atoms with E-state index in [1.165, 1.54) is 0 Å². The van der Waals surface area contributed by atoms with Crippen LogP contribution in [0.1, 0.15) is 12.0 Å². The molecule has 0 amide bonds. The lowest BCUT2D eigenvalue weighted by Crippen LogP contribution is -2.08. The van der Waals surface area contributed by atoms with Gasteiger partial charge in [-0.15, -0.1) is 0 Å². The van der Waals surface area contributed by atoms with Crippen LogP contribution in [0.15, 0.2) is 29.2 Å². The molecule has 1 atom stereocenters. The Hall–Kier alpha value is -1.24. The Morgan fingerprint density at radius 3 is 2.50 bits per heavy atom. The minimum atomic E-state index is -1.12. The fraction of sp³-hybridized carbons (Fsp3) is 0.500. The zero-order chi connectivity index (χ0) is 14.8. The topological polar surface area (TPSA) is 72.8 Å².